The first-order valence-electron chi connectivity index (χ1n) is 10.2. The van der Waals surface area contributed by atoms with E-state index in [-0.39, 0.29) is 12.1 Å². The van der Waals surface area contributed by atoms with Crippen molar-refractivity contribution in [1.29, 1.82) is 0 Å². The fourth-order valence-corrected chi connectivity index (χ4v) is 4.20. The molecule has 31 heavy (non-hydrogen) atoms. The Morgan fingerprint density at radius 1 is 0.935 bits per heavy atom. The van der Waals surface area contributed by atoms with Crippen LogP contribution in [0.3, 0.4) is 0 Å². The zero-order valence-electron chi connectivity index (χ0n) is 16.9. The zero-order valence-corrected chi connectivity index (χ0v) is 18.4. The van der Waals surface area contributed by atoms with Gasteiger partial charge in [0, 0.05) is 46.1 Å². The van der Waals surface area contributed by atoms with Crippen molar-refractivity contribution in [3.05, 3.63) is 75.0 Å². The van der Waals surface area contributed by atoms with Gasteiger partial charge in [-0.15, -0.1) is 0 Å². The van der Waals surface area contributed by atoms with Crippen molar-refractivity contribution < 1.29 is 4.79 Å². The third-order valence-corrected chi connectivity index (χ3v) is 5.63. The van der Waals surface area contributed by atoms with Gasteiger partial charge in [-0.3, -0.25) is 9.59 Å². The number of hydrogen-bond acceptors (Lipinski definition) is 4. The summed E-state index contributed by atoms with van der Waals surface area (Å²) >= 11 is 11.9. The van der Waals surface area contributed by atoms with E-state index in [4.69, 9.17) is 23.2 Å². The quantitative estimate of drug-likeness (QED) is 0.595. The van der Waals surface area contributed by atoms with Crippen LogP contribution in [-0.4, -0.2) is 28.8 Å². The van der Waals surface area contributed by atoms with E-state index >= 15 is 0 Å². The van der Waals surface area contributed by atoms with Gasteiger partial charge in [-0.2, -0.15) is 5.10 Å². The molecule has 0 unspecified atom stereocenters. The Morgan fingerprint density at radius 2 is 1.61 bits per heavy atom. The Morgan fingerprint density at radius 3 is 2.29 bits per heavy atom. The molecule has 2 heterocycles. The molecule has 1 aliphatic rings. The molecule has 1 aliphatic heterocycles. The number of carbonyl (C=O) groups excluding carboxylic acids is 1. The number of nitrogens with zero attached hydrogens (tertiary/aromatic N) is 3. The number of rotatable bonds is 5. The Hall–Kier alpha value is -2.83. The number of hydrogen-bond donors (Lipinski definition) is 1. The van der Waals surface area contributed by atoms with Gasteiger partial charge in [-0.1, -0.05) is 35.3 Å². The van der Waals surface area contributed by atoms with Crippen LogP contribution in [0.2, 0.25) is 10.0 Å². The minimum absolute atomic E-state index is 0.220. The Bertz CT molecular complexity index is 1120. The predicted molar refractivity (Wildman–Crippen MR) is 125 cm³/mol. The Kier molecular flexibility index (Phi) is 6.59. The van der Waals surface area contributed by atoms with Crippen molar-refractivity contribution in [3.63, 3.8) is 0 Å². The van der Waals surface area contributed by atoms with Crippen molar-refractivity contribution in [2.45, 2.75) is 25.8 Å². The summed E-state index contributed by atoms with van der Waals surface area (Å²) < 4.78 is 1.15. The van der Waals surface area contributed by atoms with Gasteiger partial charge >= 0.3 is 0 Å². The van der Waals surface area contributed by atoms with Crippen LogP contribution in [0, 0.1) is 0 Å². The minimum atomic E-state index is -0.398. The average Bonchev–Trinajstić information content (AvgIpc) is 2.75. The maximum Gasteiger partial charge on any atom is 0.267 e. The summed E-state index contributed by atoms with van der Waals surface area (Å²) in [7, 11) is 0. The second-order valence-corrected chi connectivity index (χ2v) is 8.39. The number of amides is 1. The van der Waals surface area contributed by atoms with Gasteiger partial charge in [0.1, 0.15) is 6.54 Å². The molecular weight excluding hydrogens is 435 g/mol. The largest absolute Gasteiger partial charge is 0.372 e. The molecule has 1 aromatic heterocycles. The number of benzene rings is 2. The van der Waals surface area contributed by atoms with Crippen molar-refractivity contribution in [1.82, 2.24) is 9.78 Å². The maximum atomic E-state index is 12.4. The summed E-state index contributed by atoms with van der Waals surface area (Å²) in [6, 6.07) is 16.0. The lowest BCUT2D eigenvalue weighted by Crippen LogP contribution is -2.29. The highest BCUT2D eigenvalue weighted by Gasteiger charge is 2.12. The summed E-state index contributed by atoms with van der Waals surface area (Å²) in [5.41, 5.74) is 2.81. The van der Waals surface area contributed by atoms with E-state index in [1.54, 1.807) is 24.3 Å². The highest BCUT2D eigenvalue weighted by Crippen LogP contribution is 2.24. The fourth-order valence-electron chi connectivity index (χ4n) is 3.67. The number of nitrogens with one attached hydrogen (secondary N) is 1. The highest BCUT2D eigenvalue weighted by atomic mass is 35.5. The normalized spacial score (nSPS) is 13.8. The van der Waals surface area contributed by atoms with Crippen molar-refractivity contribution in [3.8, 4) is 11.3 Å². The van der Waals surface area contributed by atoms with E-state index in [1.165, 1.54) is 31.0 Å². The molecule has 0 atom stereocenters. The molecular formula is C23H22Cl2N4O2. The zero-order chi connectivity index (χ0) is 21.8. The topological polar surface area (TPSA) is 67.2 Å². The highest BCUT2D eigenvalue weighted by molar-refractivity contribution is 6.35. The molecule has 160 valence electrons. The van der Waals surface area contributed by atoms with Crippen molar-refractivity contribution in [2.24, 2.45) is 0 Å². The van der Waals surface area contributed by atoms with Gasteiger partial charge < -0.3 is 10.2 Å². The average molecular weight is 457 g/mol. The molecule has 0 bridgehead atoms. The number of anilines is 2. The van der Waals surface area contributed by atoms with Gasteiger partial charge in [-0.25, -0.2) is 4.68 Å². The SMILES string of the molecule is O=C(Cn1nc(-c2ccc(N3CCCCC3)cc2)ccc1=O)Nc1cc(Cl)cc(Cl)c1. The van der Waals surface area contributed by atoms with Crippen LogP contribution >= 0.6 is 23.2 Å². The lowest BCUT2D eigenvalue weighted by Gasteiger charge is -2.28. The Labute approximate surface area is 190 Å². The van der Waals surface area contributed by atoms with Gasteiger partial charge in [0.25, 0.3) is 5.56 Å². The van der Waals surface area contributed by atoms with E-state index in [0.717, 1.165) is 23.3 Å². The first kappa shape index (κ1) is 21.4. The lowest BCUT2D eigenvalue weighted by atomic mass is 10.1. The predicted octanol–water partition coefficient (Wildman–Crippen LogP) is 4.85. The van der Waals surface area contributed by atoms with Gasteiger partial charge in [-0.05, 0) is 55.7 Å². The first-order chi connectivity index (χ1) is 15.0. The maximum absolute atomic E-state index is 12.4. The summed E-state index contributed by atoms with van der Waals surface area (Å²) in [5.74, 6) is -0.398. The van der Waals surface area contributed by atoms with Gasteiger partial charge in [0.15, 0.2) is 0 Å². The molecule has 2 aromatic carbocycles. The molecule has 8 heteroatoms. The number of carbonyl (C=O) groups is 1. The van der Waals surface area contributed by atoms with Gasteiger partial charge in [0.2, 0.25) is 5.91 Å². The molecule has 0 radical (unpaired) electrons. The molecule has 6 nitrogen and oxygen atoms in total. The minimum Gasteiger partial charge on any atom is -0.372 e. The summed E-state index contributed by atoms with van der Waals surface area (Å²) in [4.78, 5) is 27.0. The van der Waals surface area contributed by atoms with Crippen LogP contribution in [-0.2, 0) is 11.3 Å². The van der Waals surface area contributed by atoms with E-state index in [0.29, 0.717) is 21.4 Å². The van der Waals surface area contributed by atoms with E-state index in [1.807, 2.05) is 12.1 Å². The summed E-state index contributed by atoms with van der Waals surface area (Å²) in [6.07, 6.45) is 3.73. The second kappa shape index (κ2) is 9.54. The molecule has 0 saturated carbocycles. The number of piperidine rings is 1. The molecule has 4 rings (SSSR count). The number of halogens is 2. The molecule has 1 amide bonds. The lowest BCUT2D eigenvalue weighted by molar-refractivity contribution is -0.117. The van der Waals surface area contributed by atoms with E-state index in [9.17, 15) is 9.59 Å². The molecule has 0 spiro atoms. The Balaban J connectivity index is 1.49. The molecule has 0 aliphatic carbocycles. The van der Waals surface area contributed by atoms with Crippen LogP contribution < -0.4 is 15.8 Å². The third-order valence-electron chi connectivity index (χ3n) is 5.19. The third kappa shape index (κ3) is 5.46. The molecule has 1 fully saturated rings. The first-order valence-corrected chi connectivity index (χ1v) is 10.9. The summed E-state index contributed by atoms with van der Waals surface area (Å²) in [6.45, 7) is 1.94. The van der Waals surface area contributed by atoms with Crippen LogP contribution in [0.25, 0.3) is 11.3 Å². The molecule has 3 aromatic rings. The van der Waals surface area contributed by atoms with Crippen LogP contribution in [0.4, 0.5) is 11.4 Å². The second-order valence-electron chi connectivity index (χ2n) is 7.52. The number of aromatic nitrogens is 2. The van der Waals surface area contributed by atoms with Crippen molar-refractivity contribution >= 4 is 40.5 Å². The van der Waals surface area contributed by atoms with Crippen LogP contribution in [0.5, 0.6) is 0 Å². The van der Waals surface area contributed by atoms with Crippen LogP contribution in [0.15, 0.2) is 59.4 Å². The monoisotopic (exact) mass is 456 g/mol. The van der Waals surface area contributed by atoms with Crippen molar-refractivity contribution in [2.75, 3.05) is 23.3 Å². The van der Waals surface area contributed by atoms with E-state index in [2.05, 4.69) is 27.4 Å². The molecule has 1 N–H and O–H groups in total. The smallest absolute Gasteiger partial charge is 0.267 e. The summed E-state index contributed by atoms with van der Waals surface area (Å²) in [5, 5.41) is 7.89. The molecule has 1 saturated heterocycles. The van der Waals surface area contributed by atoms with Crippen LogP contribution in [0.1, 0.15) is 19.3 Å². The standard InChI is InChI=1S/C23H22Cl2N4O2/c24-17-12-18(25)14-19(13-17)26-22(30)15-29-23(31)9-8-21(27-29)16-4-6-20(7-5-16)28-10-2-1-3-11-28/h4-9,12-14H,1-3,10-11,15H2,(H,26,30). The fraction of sp³-hybridized carbons (Fsp3) is 0.261. The van der Waals surface area contributed by atoms with Gasteiger partial charge in [0.05, 0.1) is 5.69 Å². The van der Waals surface area contributed by atoms with E-state index < -0.39 is 5.91 Å².